The fourth-order valence-corrected chi connectivity index (χ4v) is 2.45. The number of hydrogen-bond donors (Lipinski definition) is 2. The molecule has 1 atom stereocenters. The summed E-state index contributed by atoms with van der Waals surface area (Å²) in [4.78, 5) is 12.0. The molecule has 1 saturated heterocycles. The van der Waals surface area contributed by atoms with E-state index >= 15 is 0 Å². The second-order valence-corrected chi connectivity index (χ2v) is 5.05. The molecule has 1 heterocycles. The fraction of sp³-hybridized carbons (Fsp3) is 0.417. The molecule has 1 unspecified atom stereocenters. The second-order valence-electron chi connectivity index (χ2n) is 4.17. The predicted octanol–water partition coefficient (Wildman–Crippen LogP) is 2.48. The molecule has 2 N–H and O–H groups in total. The molecule has 92 valence electrons. The molecule has 0 radical (unpaired) electrons. The molecule has 0 aliphatic carbocycles. The van der Waals surface area contributed by atoms with Crippen molar-refractivity contribution in [3.63, 3.8) is 0 Å². The van der Waals surface area contributed by atoms with Gasteiger partial charge in [-0.05, 0) is 37.6 Å². The Morgan fingerprint density at radius 3 is 2.59 bits per heavy atom. The van der Waals surface area contributed by atoms with Gasteiger partial charge < -0.3 is 10.6 Å². The van der Waals surface area contributed by atoms with E-state index in [1.807, 2.05) is 0 Å². The van der Waals surface area contributed by atoms with Gasteiger partial charge in [0.2, 0.25) is 0 Å². The van der Waals surface area contributed by atoms with Crippen LogP contribution in [-0.2, 0) is 0 Å². The Morgan fingerprint density at radius 1 is 1.29 bits per heavy atom. The molecule has 0 bridgehead atoms. The Bertz CT molecular complexity index is 397. The molecule has 5 heteroatoms. The minimum atomic E-state index is -0.122. The molecule has 1 aromatic rings. The third-order valence-corrected chi connectivity index (χ3v) is 3.19. The van der Waals surface area contributed by atoms with Crippen LogP contribution in [-0.4, -0.2) is 25.0 Å². The van der Waals surface area contributed by atoms with Gasteiger partial charge in [-0.25, -0.2) is 0 Å². The van der Waals surface area contributed by atoms with E-state index < -0.39 is 0 Å². The van der Waals surface area contributed by atoms with Crippen LogP contribution in [0.15, 0.2) is 18.2 Å². The molecule has 17 heavy (non-hydrogen) atoms. The van der Waals surface area contributed by atoms with E-state index in [-0.39, 0.29) is 11.9 Å². The fourth-order valence-electron chi connectivity index (χ4n) is 1.93. The van der Waals surface area contributed by atoms with Crippen LogP contribution in [0.1, 0.15) is 23.2 Å². The summed E-state index contributed by atoms with van der Waals surface area (Å²) < 4.78 is 0. The Labute approximate surface area is 110 Å². The van der Waals surface area contributed by atoms with E-state index in [9.17, 15) is 4.79 Å². The Balaban J connectivity index is 2.03. The van der Waals surface area contributed by atoms with Crippen molar-refractivity contribution >= 4 is 29.1 Å². The summed E-state index contributed by atoms with van der Waals surface area (Å²) in [5, 5.41) is 7.17. The number of hydrogen-bond acceptors (Lipinski definition) is 2. The van der Waals surface area contributed by atoms with Gasteiger partial charge in [0.15, 0.2) is 0 Å². The Kier molecular flexibility index (Phi) is 4.26. The SMILES string of the molecule is O=C(NC1CCCNC1)c1cc(Cl)cc(Cl)c1. The van der Waals surface area contributed by atoms with Crippen LogP contribution in [0.2, 0.25) is 10.0 Å². The van der Waals surface area contributed by atoms with Crippen molar-refractivity contribution in [2.75, 3.05) is 13.1 Å². The topological polar surface area (TPSA) is 41.1 Å². The number of rotatable bonds is 2. The van der Waals surface area contributed by atoms with Crippen LogP contribution >= 0.6 is 23.2 Å². The van der Waals surface area contributed by atoms with E-state index in [4.69, 9.17) is 23.2 Å². The van der Waals surface area contributed by atoms with E-state index in [1.54, 1.807) is 18.2 Å². The molecule has 0 saturated carbocycles. The summed E-state index contributed by atoms with van der Waals surface area (Å²) in [5.41, 5.74) is 0.507. The van der Waals surface area contributed by atoms with E-state index in [1.165, 1.54) is 0 Å². The number of halogens is 2. The lowest BCUT2D eigenvalue weighted by Gasteiger charge is -2.23. The number of nitrogens with one attached hydrogen (secondary N) is 2. The average Bonchev–Trinajstić information content (AvgIpc) is 2.29. The highest BCUT2D eigenvalue weighted by Gasteiger charge is 2.16. The third kappa shape index (κ3) is 3.60. The minimum Gasteiger partial charge on any atom is -0.348 e. The summed E-state index contributed by atoms with van der Waals surface area (Å²) in [6.45, 7) is 1.84. The van der Waals surface area contributed by atoms with Crippen molar-refractivity contribution in [3.8, 4) is 0 Å². The summed E-state index contributed by atoms with van der Waals surface area (Å²) in [6.07, 6.45) is 2.09. The molecule has 1 fully saturated rings. The second kappa shape index (κ2) is 5.71. The smallest absolute Gasteiger partial charge is 0.251 e. The van der Waals surface area contributed by atoms with Crippen molar-refractivity contribution in [3.05, 3.63) is 33.8 Å². The molecule has 3 nitrogen and oxygen atoms in total. The van der Waals surface area contributed by atoms with Gasteiger partial charge in [-0.1, -0.05) is 23.2 Å². The molecule has 0 spiro atoms. The van der Waals surface area contributed by atoms with Crippen LogP contribution in [0.4, 0.5) is 0 Å². The molecule has 1 aromatic carbocycles. The minimum absolute atomic E-state index is 0.122. The first-order chi connectivity index (χ1) is 8.15. The lowest BCUT2D eigenvalue weighted by atomic mass is 10.1. The molecule has 1 aliphatic rings. The first-order valence-corrected chi connectivity index (χ1v) is 6.38. The molecular weight excluding hydrogens is 259 g/mol. The number of amides is 1. The monoisotopic (exact) mass is 272 g/mol. The maximum Gasteiger partial charge on any atom is 0.251 e. The zero-order valence-corrected chi connectivity index (χ0v) is 10.8. The first kappa shape index (κ1) is 12.7. The summed E-state index contributed by atoms with van der Waals surface area (Å²) in [5.74, 6) is -0.122. The molecular formula is C12H14Cl2N2O. The van der Waals surface area contributed by atoms with Gasteiger partial charge in [-0.15, -0.1) is 0 Å². The lowest BCUT2D eigenvalue weighted by molar-refractivity contribution is 0.0930. The Hall–Kier alpha value is -0.770. The lowest BCUT2D eigenvalue weighted by Crippen LogP contribution is -2.45. The van der Waals surface area contributed by atoms with Crippen molar-refractivity contribution in [1.82, 2.24) is 10.6 Å². The van der Waals surface area contributed by atoms with Gasteiger partial charge in [0.05, 0.1) is 0 Å². The highest BCUT2D eigenvalue weighted by Crippen LogP contribution is 2.19. The van der Waals surface area contributed by atoms with Crippen LogP contribution in [0.3, 0.4) is 0 Å². The molecule has 2 rings (SSSR count). The van der Waals surface area contributed by atoms with Crippen molar-refractivity contribution in [1.29, 1.82) is 0 Å². The zero-order valence-electron chi connectivity index (χ0n) is 9.30. The van der Waals surface area contributed by atoms with E-state index in [2.05, 4.69) is 10.6 Å². The Morgan fingerprint density at radius 2 is 2.00 bits per heavy atom. The highest BCUT2D eigenvalue weighted by atomic mass is 35.5. The van der Waals surface area contributed by atoms with Crippen molar-refractivity contribution < 1.29 is 4.79 Å². The van der Waals surface area contributed by atoms with Gasteiger partial charge in [-0.2, -0.15) is 0 Å². The third-order valence-electron chi connectivity index (χ3n) is 2.76. The largest absolute Gasteiger partial charge is 0.348 e. The normalized spacial score (nSPS) is 20.0. The van der Waals surface area contributed by atoms with Crippen LogP contribution in [0.25, 0.3) is 0 Å². The average molecular weight is 273 g/mol. The van der Waals surface area contributed by atoms with Gasteiger partial charge in [0.25, 0.3) is 5.91 Å². The standard InChI is InChI=1S/C12H14Cl2N2O/c13-9-4-8(5-10(14)6-9)12(17)16-11-2-1-3-15-7-11/h4-6,11,15H,1-3,7H2,(H,16,17). The summed E-state index contributed by atoms with van der Waals surface area (Å²) in [6, 6.07) is 5.05. The van der Waals surface area contributed by atoms with Crippen LogP contribution < -0.4 is 10.6 Å². The van der Waals surface area contributed by atoms with Crippen LogP contribution in [0, 0.1) is 0 Å². The number of benzene rings is 1. The number of carbonyl (C=O) groups excluding carboxylic acids is 1. The quantitative estimate of drug-likeness (QED) is 0.869. The van der Waals surface area contributed by atoms with Crippen molar-refractivity contribution in [2.24, 2.45) is 0 Å². The van der Waals surface area contributed by atoms with Crippen LogP contribution in [0.5, 0.6) is 0 Å². The molecule has 1 amide bonds. The van der Waals surface area contributed by atoms with Gasteiger partial charge in [0.1, 0.15) is 0 Å². The van der Waals surface area contributed by atoms with E-state index in [0.29, 0.717) is 15.6 Å². The van der Waals surface area contributed by atoms with E-state index in [0.717, 1.165) is 25.9 Å². The first-order valence-electron chi connectivity index (χ1n) is 5.63. The number of carbonyl (C=O) groups is 1. The summed E-state index contributed by atoms with van der Waals surface area (Å²) >= 11 is 11.7. The van der Waals surface area contributed by atoms with Gasteiger partial charge in [0, 0.05) is 28.2 Å². The molecule has 0 aromatic heterocycles. The maximum absolute atomic E-state index is 12.0. The highest BCUT2D eigenvalue weighted by molar-refractivity contribution is 6.35. The predicted molar refractivity (Wildman–Crippen MR) is 69.8 cm³/mol. The summed E-state index contributed by atoms with van der Waals surface area (Å²) in [7, 11) is 0. The maximum atomic E-state index is 12.0. The van der Waals surface area contributed by atoms with Gasteiger partial charge in [-0.3, -0.25) is 4.79 Å². The zero-order chi connectivity index (χ0) is 12.3. The molecule has 1 aliphatic heterocycles. The van der Waals surface area contributed by atoms with Gasteiger partial charge >= 0.3 is 0 Å². The van der Waals surface area contributed by atoms with Crippen molar-refractivity contribution in [2.45, 2.75) is 18.9 Å². The number of piperidine rings is 1.